The third-order valence-electron chi connectivity index (χ3n) is 8.30. The van der Waals surface area contributed by atoms with Gasteiger partial charge < -0.3 is 0 Å². The van der Waals surface area contributed by atoms with Crippen molar-refractivity contribution in [2.45, 2.75) is 227 Å². The summed E-state index contributed by atoms with van der Waals surface area (Å²) in [5.74, 6) is 0. The van der Waals surface area contributed by atoms with E-state index in [2.05, 4.69) is 41.5 Å². The van der Waals surface area contributed by atoms with E-state index in [4.69, 9.17) is 0 Å². The largest absolute Gasteiger partial charge is 0.153 e. The second-order valence-electron chi connectivity index (χ2n) is 12.4. The normalized spacial score (nSPS) is 11.1. The topological polar surface area (TPSA) is 0 Å². The van der Waals surface area contributed by atoms with Gasteiger partial charge in [0.05, 0.1) is 0 Å². The molecule has 0 aromatic rings. The third kappa shape index (κ3) is 39.5. The van der Waals surface area contributed by atoms with Crippen molar-refractivity contribution >= 4 is 38.6 Å². The molecule has 238 valence electrons. The standard InChI is InChI=1S/2C18H39Ge.H3P/c2*1-4-7-10-13-16-19(17-14-11-8-5-2)18-15-12-9-6-3;/h2*4-18H2,1-3H3;1H3. The molecule has 0 aliphatic carbocycles. The van der Waals surface area contributed by atoms with Crippen LogP contribution in [0.15, 0.2) is 0 Å². The molecule has 0 aromatic carbocycles. The SMILES string of the molecule is CCCCC[CH2][Ge]([CH2]CCCCC)[CH2]CCCCC.CCCCC[CH2][Ge]([CH2]CCCCC)[CH2]CCCCC.P. The molecule has 0 fully saturated rings. The molecule has 0 saturated heterocycles. The number of hydrogen-bond acceptors (Lipinski definition) is 0. The predicted octanol–water partition coefficient (Wildman–Crippen LogP) is 14.5. The molecule has 0 aliphatic rings. The Balaban J connectivity index is -0.000000648. The van der Waals surface area contributed by atoms with Crippen molar-refractivity contribution in [2.75, 3.05) is 0 Å². The summed E-state index contributed by atoms with van der Waals surface area (Å²) in [5.41, 5.74) is 0. The summed E-state index contributed by atoms with van der Waals surface area (Å²) in [6, 6.07) is 0. The summed E-state index contributed by atoms with van der Waals surface area (Å²) in [5, 5.41) is 10.1. The van der Waals surface area contributed by atoms with Crippen molar-refractivity contribution in [3.05, 3.63) is 0 Å². The van der Waals surface area contributed by atoms with E-state index in [0.717, 1.165) is 0 Å². The van der Waals surface area contributed by atoms with E-state index in [9.17, 15) is 0 Å². The van der Waals surface area contributed by atoms with Gasteiger partial charge in [0.1, 0.15) is 0 Å². The minimum atomic E-state index is -0.643. The zero-order chi connectivity index (χ0) is 28.4. The van der Waals surface area contributed by atoms with Crippen LogP contribution in [0.4, 0.5) is 0 Å². The van der Waals surface area contributed by atoms with Crippen LogP contribution in [0.5, 0.6) is 0 Å². The first-order chi connectivity index (χ1) is 18.7. The van der Waals surface area contributed by atoms with Gasteiger partial charge in [-0.1, -0.05) is 0 Å². The second kappa shape index (κ2) is 41.7. The van der Waals surface area contributed by atoms with Crippen molar-refractivity contribution in [2.24, 2.45) is 0 Å². The second-order valence-corrected chi connectivity index (χ2v) is 25.0. The molecule has 0 saturated carbocycles. The van der Waals surface area contributed by atoms with Crippen molar-refractivity contribution < 1.29 is 0 Å². The fourth-order valence-corrected chi connectivity index (χ4v) is 18.1. The number of rotatable bonds is 30. The van der Waals surface area contributed by atoms with Crippen LogP contribution in [0.3, 0.4) is 0 Å². The van der Waals surface area contributed by atoms with E-state index in [1.807, 2.05) is 0 Å². The average molecular weight is 690 g/mol. The minimum Gasteiger partial charge on any atom is -0.153 e. The Labute approximate surface area is 264 Å². The van der Waals surface area contributed by atoms with Crippen molar-refractivity contribution in [3.63, 3.8) is 0 Å². The Morgan fingerprint density at radius 2 is 0.385 bits per heavy atom. The first-order valence-electron chi connectivity index (χ1n) is 18.4. The van der Waals surface area contributed by atoms with Crippen LogP contribution >= 0.6 is 9.90 Å². The first-order valence-corrected chi connectivity index (χ1v) is 27.3. The molecule has 3 heteroatoms. The van der Waals surface area contributed by atoms with Gasteiger partial charge >= 0.3 is 256 Å². The molecule has 0 bridgehead atoms. The van der Waals surface area contributed by atoms with E-state index < -0.39 is 28.7 Å². The zero-order valence-corrected chi connectivity index (χ0v) is 34.5. The van der Waals surface area contributed by atoms with Crippen molar-refractivity contribution in [3.8, 4) is 0 Å². The molecule has 0 nitrogen and oxygen atoms in total. The Bertz CT molecular complexity index is 297. The zero-order valence-electron chi connectivity index (χ0n) is 28.9. The summed E-state index contributed by atoms with van der Waals surface area (Å²) in [6.07, 6.45) is 35.6. The molecule has 0 spiro atoms. The molecule has 0 aromatic heterocycles. The summed E-state index contributed by atoms with van der Waals surface area (Å²) in [4.78, 5) is 0. The Morgan fingerprint density at radius 3 is 0.513 bits per heavy atom. The van der Waals surface area contributed by atoms with Gasteiger partial charge in [-0.2, -0.15) is 9.90 Å². The molecule has 1 unspecified atom stereocenters. The molecule has 0 heterocycles. The fourth-order valence-electron chi connectivity index (χ4n) is 5.56. The van der Waals surface area contributed by atoms with E-state index in [1.165, 1.54) is 116 Å². The maximum Gasteiger partial charge on any atom is -0.153 e. The Morgan fingerprint density at radius 1 is 0.231 bits per heavy atom. The molecule has 1 atom stereocenters. The van der Waals surface area contributed by atoms with E-state index in [1.54, 1.807) is 70.0 Å². The Hall–Kier alpha value is 1.52. The molecular formula is C36H81Ge2P. The maximum atomic E-state index is 2.33. The molecule has 2 radical (unpaired) electrons. The molecule has 0 aliphatic heterocycles. The smallest absolute Gasteiger partial charge is 0.153 e. The van der Waals surface area contributed by atoms with Gasteiger partial charge in [-0.25, -0.2) is 0 Å². The summed E-state index contributed by atoms with van der Waals surface area (Å²) in [7, 11) is 0. The van der Waals surface area contributed by atoms with E-state index in [0.29, 0.717) is 0 Å². The third-order valence-corrected chi connectivity index (χ3v) is 21.7. The fraction of sp³-hybridized carbons (Fsp3) is 1.00. The predicted molar refractivity (Wildman–Crippen MR) is 196 cm³/mol. The van der Waals surface area contributed by atoms with Crippen LogP contribution in [-0.2, 0) is 0 Å². The van der Waals surface area contributed by atoms with Gasteiger partial charge in [-0.3, -0.25) is 0 Å². The van der Waals surface area contributed by atoms with Crippen LogP contribution < -0.4 is 0 Å². The van der Waals surface area contributed by atoms with E-state index in [-0.39, 0.29) is 9.90 Å². The van der Waals surface area contributed by atoms with Crippen molar-refractivity contribution in [1.29, 1.82) is 0 Å². The summed E-state index contributed by atoms with van der Waals surface area (Å²) < 4.78 is 0. The maximum absolute atomic E-state index is 2.33. The molecule has 0 amide bonds. The average Bonchev–Trinajstić information content (AvgIpc) is 2.93. The van der Waals surface area contributed by atoms with Gasteiger partial charge in [0, 0.05) is 0 Å². The van der Waals surface area contributed by atoms with Gasteiger partial charge in [-0.05, 0) is 0 Å². The minimum absolute atomic E-state index is 0. The molecular weight excluding hydrogens is 609 g/mol. The van der Waals surface area contributed by atoms with Crippen molar-refractivity contribution in [1.82, 2.24) is 0 Å². The van der Waals surface area contributed by atoms with Gasteiger partial charge in [-0.15, -0.1) is 0 Å². The Kier molecular flexibility index (Phi) is 48.0. The molecule has 0 rings (SSSR count). The van der Waals surface area contributed by atoms with Crippen LogP contribution in [0.2, 0.25) is 31.5 Å². The van der Waals surface area contributed by atoms with Crippen LogP contribution in [0.25, 0.3) is 0 Å². The van der Waals surface area contributed by atoms with Gasteiger partial charge in [0.15, 0.2) is 0 Å². The quantitative estimate of drug-likeness (QED) is 0.0400. The monoisotopic (exact) mass is 692 g/mol. The van der Waals surface area contributed by atoms with Crippen LogP contribution in [0.1, 0.15) is 196 Å². The first kappa shape index (κ1) is 45.0. The number of unbranched alkanes of at least 4 members (excludes halogenated alkanes) is 18. The van der Waals surface area contributed by atoms with E-state index >= 15 is 0 Å². The van der Waals surface area contributed by atoms with Gasteiger partial charge in [0.25, 0.3) is 0 Å². The van der Waals surface area contributed by atoms with Gasteiger partial charge in [0.2, 0.25) is 0 Å². The molecule has 0 N–H and O–H groups in total. The van der Waals surface area contributed by atoms with Crippen LogP contribution in [0, 0.1) is 0 Å². The summed E-state index contributed by atoms with van der Waals surface area (Å²) >= 11 is -1.29. The molecule has 39 heavy (non-hydrogen) atoms. The summed E-state index contributed by atoms with van der Waals surface area (Å²) in [6.45, 7) is 14.0. The van der Waals surface area contributed by atoms with Crippen LogP contribution in [-0.4, -0.2) is 28.7 Å². The number of hydrogen-bond donors (Lipinski definition) is 0.